The van der Waals surface area contributed by atoms with E-state index in [1.165, 1.54) is 4.90 Å². The van der Waals surface area contributed by atoms with Gasteiger partial charge in [-0.25, -0.2) is 4.79 Å². The Kier molecular flexibility index (Phi) is 6.75. The van der Waals surface area contributed by atoms with E-state index in [4.69, 9.17) is 14.2 Å². The highest BCUT2D eigenvalue weighted by atomic mass is 16.6. The number of hydrogen-bond donors (Lipinski definition) is 2. The van der Waals surface area contributed by atoms with Gasteiger partial charge in [-0.3, -0.25) is 4.79 Å². The van der Waals surface area contributed by atoms with Gasteiger partial charge in [-0.2, -0.15) is 0 Å². The first-order valence-electron chi connectivity index (χ1n) is 10.5. The zero-order valence-electron chi connectivity index (χ0n) is 18.2. The molecular formula is C22H32N2O6. The summed E-state index contributed by atoms with van der Waals surface area (Å²) in [5, 5.41) is 13.4. The highest BCUT2D eigenvalue weighted by molar-refractivity contribution is 5.98. The van der Waals surface area contributed by atoms with E-state index in [1.807, 2.05) is 33.8 Å². The number of amides is 2. The molecule has 3 rings (SSSR count). The molecule has 0 spiro atoms. The van der Waals surface area contributed by atoms with Gasteiger partial charge in [0.05, 0.1) is 31.4 Å². The van der Waals surface area contributed by atoms with Gasteiger partial charge in [-0.1, -0.05) is 0 Å². The second kappa shape index (κ2) is 9.12. The number of nitrogens with zero attached hydrogens (tertiary/aromatic N) is 1. The molecule has 2 N–H and O–H groups in total. The number of β-amino-alcohol motifs (C(OH)–C–C–N with tert-alkyl or cyclic N) is 1. The number of aliphatic hydroxyl groups is 1. The maximum Gasteiger partial charge on any atom is 0.410 e. The van der Waals surface area contributed by atoms with Gasteiger partial charge in [0.25, 0.3) is 5.91 Å². The van der Waals surface area contributed by atoms with E-state index in [0.717, 1.165) is 12.0 Å². The van der Waals surface area contributed by atoms with Crippen molar-refractivity contribution in [2.45, 2.75) is 52.2 Å². The van der Waals surface area contributed by atoms with Crippen molar-refractivity contribution in [3.8, 4) is 11.5 Å². The smallest absolute Gasteiger partial charge is 0.410 e. The largest absolute Gasteiger partial charge is 0.490 e. The number of benzene rings is 1. The summed E-state index contributed by atoms with van der Waals surface area (Å²) in [6.45, 7) is 9.36. The molecule has 8 nitrogen and oxygen atoms in total. The van der Waals surface area contributed by atoms with Gasteiger partial charge in [0, 0.05) is 25.4 Å². The zero-order valence-corrected chi connectivity index (χ0v) is 18.2. The zero-order chi connectivity index (χ0) is 21.9. The SMILES string of the molecule is Cc1cc2c(c(C(=O)NC[C@H]3CCN(C(=O)OC(C)(C)C)C[C@@H]3O)c1)OCCCO2. The highest BCUT2D eigenvalue weighted by Crippen LogP contribution is 2.34. The number of ether oxygens (including phenoxy) is 3. The minimum Gasteiger partial charge on any atom is -0.490 e. The molecular weight excluding hydrogens is 388 g/mol. The average molecular weight is 421 g/mol. The Hall–Kier alpha value is -2.48. The van der Waals surface area contributed by atoms with Crippen LogP contribution < -0.4 is 14.8 Å². The van der Waals surface area contributed by atoms with E-state index in [9.17, 15) is 14.7 Å². The van der Waals surface area contributed by atoms with Crippen molar-refractivity contribution in [1.29, 1.82) is 0 Å². The highest BCUT2D eigenvalue weighted by Gasteiger charge is 2.33. The molecule has 1 saturated heterocycles. The van der Waals surface area contributed by atoms with E-state index in [0.29, 0.717) is 49.8 Å². The number of rotatable bonds is 3. The van der Waals surface area contributed by atoms with Gasteiger partial charge in [0.15, 0.2) is 11.5 Å². The molecule has 1 fully saturated rings. The lowest BCUT2D eigenvalue weighted by Crippen LogP contribution is -2.50. The Balaban J connectivity index is 1.58. The molecule has 2 amide bonds. The van der Waals surface area contributed by atoms with Crippen LogP contribution in [0, 0.1) is 12.8 Å². The molecule has 0 aliphatic carbocycles. The monoisotopic (exact) mass is 420 g/mol. The van der Waals surface area contributed by atoms with Crippen LogP contribution >= 0.6 is 0 Å². The fraction of sp³-hybridized carbons (Fsp3) is 0.636. The summed E-state index contributed by atoms with van der Waals surface area (Å²) >= 11 is 0. The summed E-state index contributed by atoms with van der Waals surface area (Å²) in [5.41, 5.74) is 0.771. The normalized spacial score (nSPS) is 21.6. The van der Waals surface area contributed by atoms with Crippen molar-refractivity contribution in [3.05, 3.63) is 23.3 Å². The molecule has 0 unspecified atom stereocenters. The standard InChI is InChI=1S/C22H32N2O6/c1-14-10-16(19-18(11-14)28-8-5-9-29-19)20(26)23-12-15-6-7-24(13-17(15)25)21(27)30-22(2,3)4/h10-11,15,17,25H,5-9,12-13H2,1-4H3,(H,23,26)/t15-,17+/m1/s1. The van der Waals surface area contributed by atoms with Crippen LogP contribution in [0.4, 0.5) is 4.79 Å². The number of hydrogen-bond acceptors (Lipinski definition) is 6. The number of aryl methyl sites for hydroxylation is 1. The molecule has 2 aliphatic rings. The number of aliphatic hydroxyl groups excluding tert-OH is 1. The molecule has 1 aromatic carbocycles. The first kappa shape index (κ1) is 22.2. The lowest BCUT2D eigenvalue weighted by molar-refractivity contribution is -0.0122. The second-order valence-corrected chi connectivity index (χ2v) is 8.94. The first-order valence-corrected chi connectivity index (χ1v) is 10.5. The predicted molar refractivity (Wildman–Crippen MR) is 111 cm³/mol. The Morgan fingerprint density at radius 2 is 2.00 bits per heavy atom. The van der Waals surface area contributed by atoms with Crippen LogP contribution in [-0.2, 0) is 4.74 Å². The third-order valence-corrected chi connectivity index (χ3v) is 5.13. The summed E-state index contributed by atoms with van der Waals surface area (Å²) in [7, 11) is 0. The van der Waals surface area contributed by atoms with E-state index in [2.05, 4.69) is 5.32 Å². The molecule has 0 saturated carbocycles. The van der Waals surface area contributed by atoms with Crippen molar-refractivity contribution in [1.82, 2.24) is 10.2 Å². The summed E-state index contributed by atoms with van der Waals surface area (Å²) in [4.78, 5) is 26.6. The van der Waals surface area contributed by atoms with Gasteiger partial charge in [0.2, 0.25) is 0 Å². The van der Waals surface area contributed by atoms with Gasteiger partial charge < -0.3 is 29.5 Å². The van der Waals surface area contributed by atoms with Gasteiger partial charge in [-0.05, 0) is 51.8 Å². The van der Waals surface area contributed by atoms with Crippen LogP contribution in [0.3, 0.4) is 0 Å². The average Bonchev–Trinajstić information content (AvgIpc) is 2.90. The van der Waals surface area contributed by atoms with Crippen molar-refractivity contribution in [2.24, 2.45) is 5.92 Å². The molecule has 1 aromatic rings. The van der Waals surface area contributed by atoms with E-state index < -0.39 is 17.8 Å². The third kappa shape index (κ3) is 5.56. The number of carbonyl (C=O) groups excluding carboxylic acids is 2. The first-order chi connectivity index (χ1) is 14.1. The lowest BCUT2D eigenvalue weighted by Gasteiger charge is -2.36. The Morgan fingerprint density at radius 1 is 1.27 bits per heavy atom. The number of likely N-dealkylation sites (tertiary alicyclic amines) is 1. The van der Waals surface area contributed by atoms with E-state index >= 15 is 0 Å². The fourth-order valence-electron chi connectivity index (χ4n) is 3.61. The Bertz CT molecular complexity index is 789. The molecule has 2 aliphatic heterocycles. The molecule has 30 heavy (non-hydrogen) atoms. The Labute approximate surface area is 177 Å². The summed E-state index contributed by atoms with van der Waals surface area (Å²) < 4.78 is 16.8. The molecule has 0 bridgehead atoms. The number of carbonyl (C=O) groups is 2. The fourth-order valence-corrected chi connectivity index (χ4v) is 3.61. The van der Waals surface area contributed by atoms with Crippen LogP contribution in [-0.4, -0.2) is 66.6 Å². The lowest BCUT2D eigenvalue weighted by atomic mass is 9.94. The number of piperidine rings is 1. The molecule has 8 heteroatoms. The quantitative estimate of drug-likeness (QED) is 0.780. The van der Waals surface area contributed by atoms with Crippen molar-refractivity contribution >= 4 is 12.0 Å². The van der Waals surface area contributed by atoms with Gasteiger partial charge in [0.1, 0.15) is 5.60 Å². The van der Waals surface area contributed by atoms with Crippen LogP contribution in [0.25, 0.3) is 0 Å². The summed E-state index contributed by atoms with van der Waals surface area (Å²) in [6.07, 6.45) is 0.174. The maximum atomic E-state index is 12.8. The van der Waals surface area contributed by atoms with Crippen molar-refractivity contribution < 1.29 is 28.9 Å². The third-order valence-electron chi connectivity index (χ3n) is 5.13. The number of nitrogens with one attached hydrogen (secondary N) is 1. The van der Waals surface area contributed by atoms with Crippen molar-refractivity contribution in [2.75, 3.05) is 32.8 Å². The summed E-state index contributed by atoms with van der Waals surface area (Å²) in [6, 6.07) is 3.65. The van der Waals surface area contributed by atoms with Crippen molar-refractivity contribution in [3.63, 3.8) is 0 Å². The van der Waals surface area contributed by atoms with Crippen LogP contribution in [0.1, 0.15) is 49.5 Å². The minimum absolute atomic E-state index is 0.145. The second-order valence-electron chi connectivity index (χ2n) is 8.94. The maximum absolute atomic E-state index is 12.8. The van der Waals surface area contributed by atoms with E-state index in [1.54, 1.807) is 6.07 Å². The molecule has 0 radical (unpaired) electrons. The molecule has 2 atom stereocenters. The van der Waals surface area contributed by atoms with Crippen LogP contribution in [0.5, 0.6) is 11.5 Å². The minimum atomic E-state index is -0.735. The molecule has 0 aromatic heterocycles. The topological polar surface area (TPSA) is 97.3 Å². The Morgan fingerprint density at radius 3 is 2.70 bits per heavy atom. The number of fused-ring (bicyclic) bond motifs is 1. The van der Waals surface area contributed by atoms with Gasteiger partial charge >= 0.3 is 6.09 Å². The predicted octanol–water partition coefficient (Wildman–Crippen LogP) is 2.50. The van der Waals surface area contributed by atoms with Crippen LogP contribution in [0.2, 0.25) is 0 Å². The van der Waals surface area contributed by atoms with Gasteiger partial charge in [-0.15, -0.1) is 0 Å². The molecule has 2 heterocycles. The molecule has 166 valence electrons. The van der Waals surface area contributed by atoms with E-state index in [-0.39, 0.29) is 18.4 Å². The van der Waals surface area contributed by atoms with Crippen LogP contribution in [0.15, 0.2) is 12.1 Å². The summed E-state index contributed by atoms with van der Waals surface area (Å²) in [5.74, 6) is 0.648.